The fourth-order valence-corrected chi connectivity index (χ4v) is 2.71. The molecule has 0 saturated heterocycles. The van der Waals surface area contributed by atoms with E-state index in [1.807, 2.05) is 0 Å². The molecule has 35 heavy (non-hydrogen) atoms. The Kier molecular flexibility index (Phi) is 13.5. The van der Waals surface area contributed by atoms with Crippen molar-refractivity contribution in [2.45, 2.75) is 75.7 Å². The summed E-state index contributed by atoms with van der Waals surface area (Å²) in [6.07, 6.45) is -3.57. The van der Waals surface area contributed by atoms with Gasteiger partial charge in [-0.3, -0.25) is 28.8 Å². The second-order valence-corrected chi connectivity index (χ2v) is 7.74. The molecule has 0 aromatic heterocycles. The van der Waals surface area contributed by atoms with Gasteiger partial charge < -0.3 is 48.5 Å². The summed E-state index contributed by atoms with van der Waals surface area (Å²) in [7, 11) is 0. The molecule has 0 heterocycles. The molecule has 0 aliphatic carbocycles. The molecule has 5 amide bonds. The van der Waals surface area contributed by atoms with Gasteiger partial charge >= 0.3 is 11.9 Å². The average molecular weight is 504 g/mol. The quantitative estimate of drug-likeness (QED) is 0.0911. The summed E-state index contributed by atoms with van der Waals surface area (Å²) in [4.78, 5) is 81.6. The molecule has 0 saturated carbocycles. The average Bonchev–Trinajstić information content (AvgIpc) is 2.74. The van der Waals surface area contributed by atoms with Crippen LogP contribution in [0.1, 0.15) is 45.4 Å². The summed E-state index contributed by atoms with van der Waals surface area (Å²) in [5.74, 6) is -7.35. The van der Waals surface area contributed by atoms with E-state index in [1.54, 1.807) is 0 Å². The van der Waals surface area contributed by atoms with Crippen LogP contribution < -0.4 is 33.2 Å². The molecule has 0 fully saturated rings. The van der Waals surface area contributed by atoms with Crippen LogP contribution in [-0.4, -0.2) is 87.1 Å². The minimum Gasteiger partial charge on any atom is -0.481 e. The van der Waals surface area contributed by atoms with E-state index in [0.29, 0.717) is 0 Å². The number of rotatable bonds is 17. The van der Waals surface area contributed by atoms with Crippen molar-refractivity contribution in [1.29, 1.82) is 0 Å². The van der Waals surface area contributed by atoms with Gasteiger partial charge in [0.1, 0.15) is 18.1 Å². The standard InChI is InChI=1S/C19H32N6O10/c1-8(26)15(18(33)24-11(19(34)35)4-6-13(22)28)25-17(32)10(3-5-12(21)27)23-16(31)9(20)2-7-14(29)30/h8-11,15,26H,2-7,20H2,1H3,(H2,21,27)(H2,22,28)(H,23,31)(H,24,33)(H,25,32)(H,29,30)(H,34,35). The van der Waals surface area contributed by atoms with E-state index in [0.717, 1.165) is 6.92 Å². The Bertz CT molecular complexity index is 818. The van der Waals surface area contributed by atoms with Crippen LogP contribution in [0.25, 0.3) is 0 Å². The van der Waals surface area contributed by atoms with Crippen molar-refractivity contribution in [3.05, 3.63) is 0 Å². The maximum atomic E-state index is 12.8. The molecule has 16 heteroatoms. The minimum atomic E-state index is -1.69. The van der Waals surface area contributed by atoms with Gasteiger partial charge in [-0.25, -0.2) is 4.79 Å². The number of aliphatic hydroxyl groups excluding tert-OH is 1. The monoisotopic (exact) mass is 504 g/mol. The molecule has 0 aliphatic heterocycles. The Morgan fingerprint density at radius 3 is 1.63 bits per heavy atom. The molecule has 198 valence electrons. The number of hydrogen-bond acceptors (Lipinski definition) is 9. The lowest BCUT2D eigenvalue weighted by atomic mass is 10.1. The normalized spacial score (nSPS) is 14.9. The Morgan fingerprint density at radius 1 is 0.714 bits per heavy atom. The largest absolute Gasteiger partial charge is 0.481 e. The van der Waals surface area contributed by atoms with Crippen molar-refractivity contribution in [2.75, 3.05) is 0 Å². The Hall–Kier alpha value is -3.79. The smallest absolute Gasteiger partial charge is 0.326 e. The summed E-state index contributed by atoms with van der Waals surface area (Å²) >= 11 is 0. The molecular weight excluding hydrogens is 472 g/mol. The zero-order valence-corrected chi connectivity index (χ0v) is 19.1. The van der Waals surface area contributed by atoms with Crippen LogP contribution in [0.2, 0.25) is 0 Å². The number of aliphatic hydroxyl groups is 1. The van der Waals surface area contributed by atoms with Gasteiger partial charge in [-0.1, -0.05) is 0 Å². The predicted molar refractivity (Wildman–Crippen MR) is 117 cm³/mol. The third-order valence-corrected chi connectivity index (χ3v) is 4.68. The van der Waals surface area contributed by atoms with E-state index in [2.05, 4.69) is 16.0 Å². The second-order valence-electron chi connectivity index (χ2n) is 7.74. The van der Waals surface area contributed by atoms with Gasteiger partial charge in [0.15, 0.2) is 0 Å². The summed E-state index contributed by atoms with van der Waals surface area (Å²) in [5.41, 5.74) is 15.7. The van der Waals surface area contributed by atoms with E-state index in [-0.39, 0.29) is 32.1 Å². The van der Waals surface area contributed by atoms with Crippen LogP contribution in [-0.2, 0) is 33.6 Å². The fourth-order valence-electron chi connectivity index (χ4n) is 2.71. The maximum Gasteiger partial charge on any atom is 0.326 e. The summed E-state index contributed by atoms with van der Waals surface area (Å²) < 4.78 is 0. The van der Waals surface area contributed by atoms with Gasteiger partial charge in [0, 0.05) is 19.3 Å². The Labute approximate surface area is 199 Å². The SMILES string of the molecule is CC(O)C(NC(=O)C(CCC(N)=O)NC(=O)C(N)CCC(=O)O)C(=O)NC(CCC(N)=O)C(=O)O. The van der Waals surface area contributed by atoms with Crippen LogP contribution in [0.5, 0.6) is 0 Å². The summed E-state index contributed by atoms with van der Waals surface area (Å²) in [6, 6.07) is -5.99. The van der Waals surface area contributed by atoms with E-state index in [9.17, 15) is 43.8 Å². The highest BCUT2D eigenvalue weighted by Gasteiger charge is 2.33. The topological polar surface area (TPSA) is 294 Å². The van der Waals surface area contributed by atoms with Crippen molar-refractivity contribution < 1.29 is 48.9 Å². The minimum absolute atomic E-state index is 0.244. The van der Waals surface area contributed by atoms with Crippen LogP contribution in [0.4, 0.5) is 0 Å². The highest BCUT2D eigenvalue weighted by Crippen LogP contribution is 2.05. The first-order valence-electron chi connectivity index (χ1n) is 10.5. The number of carbonyl (C=O) groups is 7. The van der Waals surface area contributed by atoms with Gasteiger partial charge in [-0.15, -0.1) is 0 Å². The molecule has 5 atom stereocenters. The molecule has 12 N–H and O–H groups in total. The lowest BCUT2D eigenvalue weighted by Gasteiger charge is -2.26. The van der Waals surface area contributed by atoms with Gasteiger partial charge in [-0.2, -0.15) is 0 Å². The highest BCUT2D eigenvalue weighted by atomic mass is 16.4. The third kappa shape index (κ3) is 12.9. The molecule has 0 aromatic carbocycles. The number of carbonyl (C=O) groups excluding carboxylic acids is 5. The molecule has 0 rings (SSSR count). The predicted octanol–water partition coefficient (Wildman–Crippen LogP) is -4.37. The van der Waals surface area contributed by atoms with Crippen molar-refractivity contribution in [2.24, 2.45) is 17.2 Å². The maximum absolute atomic E-state index is 12.8. The molecule has 0 aromatic rings. The highest BCUT2D eigenvalue weighted by molar-refractivity contribution is 5.94. The van der Waals surface area contributed by atoms with Gasteiger partial charge in [0.25, 0.3) is 0 Å². The van der Waals surface area contributed by atoms with E-state index >= 15 is 0 Å². The van der Waals surface area contributed by atoms with Gasteiger partial charge in [-0.05, 0) is 26.2 Å². The lowest BCUT2D eigenvalue weighted by Crippen LogP contribution is -2.60. The number of hydrogen-bond donors (Lipinski definition) is 9. The van der Waals surface area contributed by atoms with Crippen molar-refractivity contribution in [3.63, 3.8) is 0 Å². The number of nitrogens with one attached hydrogen (secondary N) is 3. The van der Waals surface area contributed by atoms with Gasteiger partial charge in [0.05, 0.1) is 12.1 Å². The van der Waals surface area contributed by atoms with Crippen LogP contribution in [0, 0.1) is 0 Å². The molecule has 16 nitrogen and oxygen atoms in total. The molecule has 0 spiro atoms. The van der Waals surface area contributed by atoms with Crippen molar-refractivity contribution in [3.8, 4) is 0 Å². The molecule has 0 aliphatic rings. The first kappa shape index (κ1) is 31.2. The Balaban J connectivity index is 5.47. The second kappa shape index (κ2) is 15.2. The van der Waals surface area contributed by atoms with E-state index in [1.165, 1.54) is 0 Å². The zero-order chi connectivity index (χ0) is 27.3. The van der Waals surface area contributed by atoms with Crippen molar-refractivity contribution in [1.82, 2.24) is 16.0 Å². The molecule has 0 radical (unpaired) electrons. The number of aliphatic carboxylic acids is 2. The van der Waals surface area contributed by atoms with Crippen LogP contribution in [0.3, 0.4) is 0 Å². The lowest BCUT2D eigenvalue weighted by molar-refractivity contribution is -0.143. The number of carboxylic acid groups (broad SMARTS) is 2. The fraction of sp³-hybridized carbons (Fsp3) is 0.632. The van der Waals surface area contributed by atoms with Crippen LogP contribution >= 0.6 is 0 Å². The number of primary amides is 2. The number of amides is 5. The third-order valence-electron chi connectivity index (χ3n) is 4.68. The first-order chi connectivity index (χ1) is 16.1. The number of carboxylic acids is 2. The Morgan fingerprint density at radius 2 is 1.20 bits per heavy atom. The number of nitrogens with two attached hydrogens (primary N) is 3. The summed E-state index contributed by atoms with van der Waals surface area (Å²) in [5, 5.41) is 34.3. The molecular formula is C19H32N6O10. The zero-order valence-electron chi connectivity index (χ0n) is 19.1. The van der Waals surface area contributed by atoms with Crippen molar-refractivity contribution >= 4 is 41.5 Å². The van der Waals surface area contributed by atoms with E-state index < -0.39 is 78.2 Å². The van der Waals surface area contributed by atoms with Crippen LogP contribution in [0.15, 0.2) is 0 Å². The molecule has 0 bridgehead atoms. The molecule has 5 unspecified atom stereocenters. The van der Waals surface area contributed by atoms with Gasteiger partial charge in [0.2, 0.25) is 29.5 Å². The first-order valence-corrected chi connectivity index (χ1v) is 10.5. The summed E-state index contributed by atoms with van der Waals surface area (Å²) in [6.45, 7) is 1.13. The van der Waals surface area contributed by atoms with E-state index in [4.69, 9.17) is 22.3 Å².